The summed E-state index contributed by atoms with van der Waals surface area (Å²) in [6.07, 6.45) is 8.52. The van der Waals surface area contributed by atoms with Crippen molar-refractivity contribution in [1.29, 1.82) is 0 Å². The first kappa shape index (κ1) is 36.4. The Labute approximate surface area is 236 Å². The predicted octanol–water partition coefficient (Wildman–Crippen LogP) is 9.30. The smallest absolute Gasteiger partial charge is 0.356 e. The minimum atomic E-state index is -4.37. The quantitative estimate of drug-likeness (QED) is 0.233. The fourth-order valence-electron chi connectivity index (χ4n) is 3.79. The van der Waals surface area contributed by atoms with E-state index in [1.165, 1.54) is 11.6 Å². The van der Waals surface area contributed by atoms with Crippen LogP contribution in [-0.4, -0.2) is 37.4 Å². The molecule has 6 heteroatoms. The second-order valence-corrected chi connectivity index (χ2v) is 11.4. The molecule has 0 saturated heterocycles. The highest BCUT2D eigenvalue weighted by atomic mass is 19.4. The molecule has 1 N–H and O–H groups in total. The zero-order valence-corrected chi connectivity index (χ0v) is 25.7. The summed E-state index contributed by atoms with van der Waals surface area (Å²) >= 11 is 0. The van der Waals surface area contributed by atoms with Gasteiger partial charge < -0.3 is 10.2 Å². The Morgan fingerprint density at radius 1 is 1.13 bits per heavy atom. The first-order chi connectivity index (χ1) is 18.1. The van der Waals surface area contributed by atoms with Gasteiger partial charge in [0.15, 0.2) is 0 Å². The van der Waals surface area contributed by atoms with E-state index < -0.39 is 11.7 Å². The first-order valence-electron chi connectivity index (χ1n) is 13.8. The molecule has 0 saturated carbocycles. The van der Waals surface area contributed by atoms with E-state index in [0.29, 0.717) is 28.5 Å². The molecule has 0 aromatic heterocycles. The van der Waals surface area contributed by atoms with Gasteiger partial charge in [-0.25, -0.2) is 0 Å². The van der Waals surface area contributed by atoms with Gasteiger partial charge in [-0.2, -0.15) is 13.2 Å². The SMILES string of the molecule is C=CC1C=CC(C(CC)CN(C=C)C(CC)/N=C(\C)c2cccc(C(F)(F)F)c2)=CC1.CC(C)(C)C.CNC. The Bertz CT molecular complexity index is 946. The number of nitrogens with zero attached hydrogens (tertiary/aromatic N) is 2. The summed E-state index contributed by atoms with van der Waals surface area (Å²) in [7, 11) is 3.75. The van der Waals surface area contributed by atoms with Gasteiger partial charge in [-0.15, -0.1) is 6.58 Å². The van der Waals surface area contributed by atoms with E-state index in [-0.39, 0.29) is 6.17 Å². The second kappa shape index (κ2) is 17.9. The minimum absolute atomic E-state index is 0.185. The van der Waals surface area contributed by atoms with Crippen LogP contribution in [0.2, 0.25) is 0 Å². The van der Waals surface area contributed by atoms with Crippen molar-refractivity contribution in [1.82, 2.24) is 10.2 Å². The van der Waals surface area contributed by atoms with Gasteiger partial charge in [-0.1, -0.05) is 84.6 Å². The highest BCUT2D eigenvalue weighted by Gasteiger charge is 2.30. The molecule has 0 heterocycles. The van der Waals surface area contributed by atoms with Crippen LogP contribution in [0.3, 0.4) is 0 Å². The van der Waals surface area contributed by atoms with Gasteiger partial charge in [0, 0.05) is 18.2 Å². The molecule has 0 fully saturated rings. The maximum absolute atomic E-state index is 13.1. The third kappa shape index (κ3) is 14.9. The summed E-state index contributed by atoms with van der Waals surface area (Å²) in [5.74, 6) is 0.720. The van der Waals surface area contributed by atoms with Crippen molar-refractivity contribution in [2.24, 2.45) is 22.2 Å². The number of aliphatic imine (C=N–C) groups is 1. The zero-order chi connectivity index (χ0) is 30.2. The van der Waals surface area contributed by atoms with Crippen molar-refractivity contribution in [3.8, 4) is 0 Å². The molecule has 2 rings (SSSR count). The molecule has 0 amide bonds. The molecule has 3 atom stereocenters. The van der Waals surface area contributed by atoms with Crippen LogP contribution in [-0.2, 0) is 6.18 Å². The number of rotatable bonds is 10. The molecule has 1 aliphatic carbocycles. The molecule has 3 unspecified atom stereocenters. The van der Waals surface area contributed by atoms with Crippen molar-refractivity contribution < 1.29 is 13.2 Å². The number of allylic oxidation sites excluding steroid dienone is 4. The standard InChI is InChI=1S/C26H33F3N2.C5H12.C2H7N/c1-6-20-13-15-22(16-14-20)21(7-2)18-31(9-4)25(8-3)30-19(5)23-11-10-12-24(17-23)26(27,28)29;1-5(2,3)4;1-3-2/h6,9-13,15-17,20-21,25H,1,4,7-8,14,18H2,2-3,5H3;1-4H3;3H,1-2H3/b30-19+;;. The Morgan fingerprint density at radius 2 is 1.72 bits per heavy atom. The molecular formula is C33H52F3N3. The Kier molecular flexibility index (Phi) is 16.7. The van der Waals surface area contributed by atoms with Gasteiger partial charge in [0.05, 0.1) is 5.56 Å². The number of nitrogens with one attached hydrogen (secondary N) is 1. The maximum Gasteiger partial charge on any atom is 0.416 e. The molecule has 0 radical (unpaired) electrons. The van der Waals surface area contributed by atoms with Crippen LogP contribution in [0.1, 0.15) is 78.9 Å². The van der Waals surface area contributed by atoms with Crippen LogP contribution in [0.5, 0.6) is 0 Å². The number of benzene rings is 1. The molecule has 1 aromatic carbocycles. The average Bonchev–Trinajstić information content (AvgIpc) is 2.87. The van der Waals surface area contributed by atoms with Crippen molar-refractivity contribution in [3.05, 3.63) is 84.6 Å². The maximum atomic E-state index is 13.1. The summed E-state index contributed by atoms with van der Waals surface area (Å²) < 4.78 is 39.2. The Morgan fingerprint density at radius 3 is 2.13 bits per heavy atom. The summed E-state index contributed by atoms with van der Waals surface area (Å²) in [4.78, 5) is 6.87. The molecular weight excluding hydrogens is 495 g/mol. The van der Waals surface area contributed by atoms with Gasteiger partial charge >= 0.3 is 6.18 Å². The van der Waals surface area contributed by atoms with Gasteiger partial charge in [0.25, 0.3) is 0 Å². The zero-order valence-electron chi connectivity index (χ0n) is 25.7. The van der Waals surface area contributed by atoms with Crippen molar-refractivity contribution in [3.63, 3.8) is 0 Å². The van der Waals surface area contributed by atoms with E-state index >= 15 is 0 Å². The lowest BCUT2D eigenvalue weighted by molar-refractivity contribution is -0.137. The summed E-state index contributed by atoms with van der Waals surface area (Å²) in [5, 5.41) is 2.75. The van der Waals surface area contributed by atoms with Crippen LogP contribution in [0.15, 0.2) is 78.5 Å². The number of alkyl halides is 3. The molecule has 39 heavy (non-hydrogen) atoms. The van der Waals surface area contributed by atoms with Crippen LogP contribution in [0, 0.1) is 17.3 Å². The number of hydrogen-bond acceptors (Lipinski definition) is 3. The minimum Gasteiger partial charge on any atom is -0.356 e. The molecule has 1 aromatic rings. The lowest BCUT2D eigenvalue weighted by Crippen LogP contribution is -2.34. The molecule has 220 valence electrons. The van der Waals surface area contributed by atoms with E-state index in [2.05, 4.69) is 76.2 Å². The van der Waals surface area contributed by atoms with E-state index in [1.807, 2.05) is 27.1 Å². The molecule has 0 spiro atoms. The van der Waals surface area contributed by atoms with Crippen LogP contribution in [0.4, 0.5) is 13.2 Å². The summed E-state index contributed by atoms with van der Waals surface area (Å²) in [6.45, 7) is 23.3. The molecule has 0 bridgehead atoms. The third-order valence-electron chi connectivity index (χ3n) is 5.79. The van der Waals surface area contributed by atoms with E-state index in [0.717, 1.165) is 37.9 Å². The Balaban J connectivity index is 0.00000159. The largest absolute Gasteiger partial charge is 0.416 e. The van der Waals surface area contributed by atoms with Crippen molar-refractivity contribution >= 4 is 5.71 Å². The summed E-state index contributed by atoms with van der Waals surface area (Å²) in [6, 6.07) is 5.33. The molecule has 0 aliphatic heterocycles. The van der Waals surface area contributed by atoms with Crippen LogP contribution in [0.25, 0.3) is 0 Å². The fourth-order valence-corrected chi connectivity index (χ4v) is 3.79. The van der Waals surface area contributed by atoms with E-state index in [4.69, 9.17) is 4.99 Å². The van der Waals surface area contributed by atoms with Crippen molar-refractivity contribution in [2.45, 2.75) is 80.1 Å². The average molecular weight is 548 g/mol. The summed E-state index contributed by atoms with van der Waals surface area (Å²) in [5.41, 5.74) is 2.22. The van der Waals surface area contributed by atoms with Crippen LogP contribution >= 0.6 is 0 Å². The predicted molar refractivity (Wildman–Crippen MR) is 164 cm³/mol. The third-order valence-corrected chi connectivity index (χ3v) is 5.79. The Hall–Kier alpha value is -2.60. The normalized spacial score (nSPS) is 17.0. The second-order valence-electron chi connectivity index (χ2n) is 11.4. The molecule has 3 nitrogen and oxygen atoms in total. The topological polar surface area (TPSA) is 27.6 Å². The van der Waals surface area contributed by atoms with E-state index in [9.17, 15) is 13.2 Å². The highest BCUT2D eigenvalue weighted by Crippen LogP contribution is 2.30. The van der Waals surface area contributed by atoms with Crippen LogP contribution < -0.4 is 5.32 Å². The van der Waals surface area contributed by atoms with Gasteiger partial charge in [0.1, 0.15) is 6.17 Å². The number of hydrogen-bond donors (Lipinski definition) is 1. The first-order valence-corrected chi connectivity index (χ1v) is 13.8. The van der Waals surface area contributed by atoms with Gasteiger partial charge in [-0.3, -0.25) is 4.99 Å². The lowest BCUT2D eigenvalue weighted by Gasteiger charge is -2.32. The lowest BCUT2D eigenvalue weighted by atomic mass is 9.88. The molecule has 1 aliphatic rings. The van der Waals surface area contributed by atoms with Gasteiger partial charge in [0.2, 0.25) is 0 Å². The van der Waals surface area contributed by atoms with Gasteiger partial charge in [-0.05, 0) is 81.1 Å². The fraction of sp³-hybridized carbons (Fsp3) is 0.545. The monoisotopic (exact) mass is 547 g/mol. The van der Waals surface area contributed by atoms with Crippen molar-refractivity contribution in [2.75, 3.05) is 20.6 Å². The number of halogens is 3. The van der Waals surface area contributed by atoms with E-state index in [1.54, 1.807) is 19.2 Å². The highest BCUT2D eigenvalue weighted by molar-refractivity contribution is 5.99.